The average molecular weight is 601 g/mol. The monoisotopic (exact) mass is 600 g/mol. The minimum absolute atomic E-state index is 0.804. The first-order valence-electron chi connectivity index (χ1n) is 15.8. The molecule has 3 nitrogen and oxygen atoms in total. The van der Waals surface area contributed by atoms with Crippen molar-refractivity contribution in [2.75, 3.05) is 0 Å². The molecule has 3 heteroatoms. The molecule has 0 atom stereocenters. The van der Waals surface area contributed by atoms with Gasteiger partial charge in [-0.05, 0) is 67.9 Å². The van der Waals surface area contributed by atoms with Crippen molar-refractivity contribution < 1.29 is 4.42 Å². The van der Waals surface area contributed by atoms with Gasteiger partial charge in [-0.15, -0.1) is 0 Å². The summed E-state index contributed by atoms with van der Waals surface area (Å²) in [7, 11) is 0. The van der Waals surface area contributed by atoms with Crippen molar-refractivity contribution in [2.24, 2.45) is 0 Å². The first-order chi connectivity index (χ1) is 23.3. The van der Waals surface area contributed by atoms with Crippen molar-refractivity contribution in [1.82, 2.24) is 9.97 Å². The van der Waals surface area contributed by atoms with Gasteiger partial charge in [-0.25, -0.2) is 9.97 Å². The molecule has 0 spiro atoms. The normalized spacial score (nSPS) is 11.4. The summed E-state index contributed by atoms with van der Waals surface area (Å²) in [4.78, 5) is 9.60. The minimum atomic E-state index is 0.804. The molecule has 0 N–H and O–H groups in total. The van der Waals surface area contributed by atoms with Gasteiger partial charge in [0, 0.05) is 16.5 Å². The summed E-state index contributed by atoms with van der Waals surface area (Å²) in [6.07, 6.45) is 1.51. The van der Waals surface area contributed by atoms with Gasteiger partial charge >= 0.3 is 0 Å². The molecule has 0 amide bonds. The van der Waals surface area contributed by atoms with Gasteiger partial charge in [0.15, 0.2) is 12.0 Å². The van der Waals surface area contributed by atoms with Crippen LogP contribution in [0, 0.1) is 0 Å². The van der Waals surface area contributed by atoms with E-state index in [1.54, 1.807) is 0 Å². The highest BCUT2D eigenvalue weighted by Gasteiger charge is 2.18. The smallest absolute Gasteiger partial charge is 0.182 e. The standard InChI is InChI=1S/C44H28N2O/c1-2-11-29(12-3-1)39-27-42(46-40-19-9-8-16-37(39)40)36-15-6-7-17-38(36)43-33-14-5-4-13-30(33)25-26-34(43)31-21-23-32(24-22-31)35-18-10-20-41-44(35)47-28-45-41/h1-28H. The van der Waals surface area contributed by atoms with E-state index in [2.05, 4.69) is 157 Å². The molecule has 0 saturated carbocycles. The van der Waals surface area contributed by atoms with E-state index in [1.165, 1.54) is 39.4 Å². The topological polar surface area (TPSA) is 38.9 Å². The Hall–Kier alpha value is -6.32. The summed E-state index contributed by atoms with van der Waals surface area (Å²) in [6.45, 7) is 0. The molecule has 7 aromatic carbocycles. The van der Waals surface area contributed by atoms with Crippen LogP contribution in [-0.4, -0.2) is 9.97 Å². The number of nitrogens with zero attached hydrogens (tertiary/aromatic N) is 2. The Morgan fingerprint density at radius 3 is 1.89 bits per heavy atom. The van der Waals surface area contributed by atoms with Gasteiger partial charge in [-0.1, -0.05) is 146 Å². The average Bonchev–Trinajstić information content (AvgIpc) is 3.64. The number of hydrogen-bond acceptors (Lipinski definition) is 3. The molecule has 0 radical (unpaired) electrons. The van der Waals surface area contributed by atoms with Crippen LogP contribution in [0.5, 0.6) is 0 Å². The maximum atomic E-state index is 5.74. The molecular formula is C44H28N2O. The first-order valence-corrected chi connectivity index (χ1v) is 15.8. The molecule has 0 aliphatic heterocycles. The van der Waals surface area contributed by atoms with E-state index in [0.29, 0.717) is 0 Å². The van der Waals surface area contributed by atoms with Crippen LogP contribution in [-0.2, 0) is 0 Å². The summed E-state index contributed by atoms with van der Waals surface area (Å²) >= 11 is 0. The Bertz CT molecular complexity index is 2560. The molecule has 2 heterocycles. The molecule has 0 aliphatic carbocycles. The maximum Gasteiger partial charge on any atom is 0.182 e. The van der Waals surface area contributed by atoms with Gasteiger partial charge in [0.05, 0.1) is 11.2 Å². The van der Waals surface area contributed by atoms with Crippen LogP contribution in [0.4, 0.5) is 0 Å². The lowest BCUT2D eigenvalue weighted by Gasteiger charge is -2.18. The zero-order valence-electron chi connectivity index (χ0n) is 25.5. The number of oxazole rings is 1. The number of rotatable bonds is 5. The number of benzene rings is 7. The zero-order chi connectivity index (χ0) is 31.2. The molecule has 0 aliphatic rings. The van der Waals surface area contributed by atoms with E-state index in [4.69, 9.17) is 9.40 Å². The molecule has 2 aromatic heterocycles. The number of fused-ring (bicyclic) bond motifs is 3. The van der Waals surface area contributed by atoms with Crippen LogP contribution in [0.3, 0.4) is 0 Å². The summed E-state index contributed by atoms with van der Waals surface area (Å²) in [5, 5.41) is 3.55. The Morgan fingerprint density at radius 2 is 1.04 bits per heavy atom. The summed E-state index contributed by atoms with van der Waals surface area (Å²) < 4.78 is 5.74. The van der Waals surface area contributed by atoms with Crippen molar-refractivity contribution in [3.05, 3.63) is 170 Å². The minimum Gasteiger partial charge on any atom is -0.443 e. The molecule has 9 rings (SSSR count). The molecule has 0 unspecified atom stereocenters. The van der Waals surface area contributed by atoms with Gasteiger partial charge in [0.2, 0.25) is 0 Å². The van der Waals surface area contributed by atoms with E-state index in [0.717, 1.165) is 55.5 Å². The lowest BCUT2D eigenvalue weighted by Crippen LogP contribution is -1.94. The van der Waals surface area contributed by atoms with Crippen molar-refractivity contribution in [3.8, 4) is 55.8 Å². The third-order valence-electron chi connectivity index (χ3n) is 9.07. The Kier molecular flexibility index (Phi) is 6.46. The Labute approximate surface area is 272 Å². The third-order valence-corrected chi connectivity index (χ3v) is 9.07. The summed E-state index contributed by atoms with van der Waals surface area (Å²) in [5.41, 5.74) is 13.8. The maximum absolute atomic E-state index is 5.74. The molecule has 9 aromatic rings. The van der Waals surface area contributed by atoms with Crippen molar-refractivity contribution in [2.45, 2.75) is 0 Å². The van der Waals surface area contributed by atoms with Crippen LogP contribution in [0.2, 0.25) is 0 Å². The quantitative estimate of drug-likeness (QED) is 0.197. The van der Waals surface area contributed by atoms with Crippen LogP contribution in [0.25, 0.3) is 88.5 Å². The first kappa shape index (κ1) is 27.0. The Balaban J connectivity index is 1.25. The lowest BCUT2D eigenvalue weighted by atomic mass is 9.86. The van der Waals surface area contributed by atoms with E-state index in [1.807, 2.05) is 12.1 Å². The van der Waals surface area contributed by atoms with Crippen LogP contribution in [0.1, 0.15) is 0 Å². The van der Waals surface area contributed by atoms with Gasteiger partial charge in [-0.3, -0.25) is 0 Å². The van der Waals surface area contributed by atoms with E-state index >= 15 is 0 Å². The number of aromatic nitrogens is 2. The molecule has 0 saturated heterocycles. The highest BCUT2D eigenvalue weighted by atomic mass is 16.3. The lowest BCUT2D eigenvalue weighted by molar-refractivity contribution is 0.603. The molecule has 0 fully saturated rings. The predicted molar refractivity (Wildman–Crippen MR) is 194 cm³/mol. The second kappa shape index (κ2) is 11.2. The predicted octanol–water partition coefficient (Wildman–Crippen LogP) is 11.9. The van der Waals surface area contributed by atoms with Gasteiger partial charge in [-0.2, -0.15) is 0 Å². The van der Waals surface area contributed by atoms with Gasteiger partial charge in [0.25, 0.3) is 0 Å². The second-order valence-electron chi connectivity index (χ2n) is 11.8. The van der Waals surface area contributed by atoms with E-state index in [9.17, 15) is 0 Å². The largest absolute Gasteiger partial charge is 0.443 e. The highest BCUT2D eigenvalue weighted by Crippen LogP contribution is 2.44. The fourth-order valence-corrected chi connectivity index (χ4v) is 6.84. The fraction of sp³-hybridized carbons (Fsp3) is 0. The van der Waals surface area contributed by atoms with Crippen LogP contribution < -0.4 is 0 Å². The van der Waals surface area contributed by atoms with Gasteiger partial charge < -0.3 is 4.42 Å². The van der Waals surface area contributed by atoms with Crippen molar-refractivity contribution >= 4 is 32.8 Å². The molecule has 220 valence electrons. The van der Waals surface area contributed by atoms with Crippen molar-refractivity contribution in [3.63, 3.8) is 0 Å². The SMILES string of the molecule is c1ccc(-c2cc(-c3ccccc3-c3c(-c4ccc(-c5cccc6ncoc56)cc4)ccc4ccccc34)nc3ccccc23)cc1. The second-order valence-corrected chi connectivity index (χ2v) is 11.8. The number of pyridine rings is 1. The molecular weight excluding hydrogens is 572 g/mol. The van der Waals surface area contributed by atoms with E-state index < -0.39 is 0 Å². The summed E-state index contributed by atoms with van der Waals surface area (Å²) in [5.74, 6) is 0. The fourth-order valence-electron chi connectivity index (χ4n) is 6.84. The Morgan fingerprint density at radius 1 is 0.404 bits per heavy atom. The van der Waals surface area contributed by atoms with Crippen LogP contribution in [0.15, 0.2) is 175 Å². The number of para-hydroxylation sites is 2. The highest BCUT2D eigenvalue weighted by molar-refractivity contribution is 6.08. The molecule has 0 bridgehead atoms. The van der Waals surface area contributed by atoms with Crippen molar-refractivity contribution in [1.29, 1.82) is 0 Å². The van der Waals surface area contributed by atoms with Crippen LogP contribution >= 0.6 is 0 Å². The zero-order valence-corrected chi connectivity index (χ0v) is 25.5. The third kappa shape index (κ3) is 4.68. The summed E-state index contributed by atoms with van der Waals surface area (Å²) in [6, 6.07) is 57.9. The van der Waals surface area contributed by atoms with Gasteiger partial charge in [0.1, 0.15) is 5.52 Å². The molecule has 47 heavy (non-hydrogen) atoms. The van der Waals surface area contributed by atoms with E-state index in [-0.39, 0.29) is 0 Å². The number of hydrogen-bond donors (Lipinski definition) is 0.